The van der Waals surface area contributed by atoms with E-state index < -0.39 is 10.0 Å². The van der Waals surface area contributed by atoms with Crippen LogP contribution in [0.4, 0.5) is 0 Å². The van der Waals surface area contributed by atoms with Crippen molar-refractivity contribution >= 4 is 27.3 Å². The number of nitrogens with one attached hydrogen (secondary N) is 1. The van der Waals surface area contributed by atoms with Crippen LogP contribution in [-0.2, 0) is 26.1 Å². The molecule has 4 rings (SSSR count). The first kappa shape index (κ1) is 22.7. The molecule has 1 aromatic carbocycles. The van der Waals surface area contributed by atoms with Crippen LogP contribution in [0.25, 0.3) is 0 Å². The summed E-state index contributed by atoms with van der Waals surface area (Å²) < 4.78 is 34.5. The lowest BCUT2D eigenvalue weighted by Gasteiger charge is -2.26. The molecule has 0 aliphatic carbocycles. The maximum absolute atomic E-state index is 13.2. The summed E-state index contributed by atoms with van der Waals surface area (Å²) in [7, 11) is -3.70. The molecule has 10 heteroatoms. The third-order valence-corrected chi connectivity index (χ3v) is 8.53. The number of carbonyl (C=O) groups excluding carboxylic acids is 1. The topological polar surface area (TPSA) is 93.5 Å². The molecule has 1 N–H and O–H groups in total. The molecule has 0 bridgehead atoms. The number of amides is 1. The zero-order valence-electron chi connectivity index (χ0n) is 18.0. The molecule has 0 unspecified atom stereocenters. The number of rotatable bonds is 7. The second-order valence-corrected chi connectivity index (χ2v) is 10.5. The Balaban J connectivity index is 1.55. The molecule has 3 heterocycles. The maximum atomic E-state index is 13.2. The zero-order valence-corrected chi connectivity index (χ0v) is 19.7. The number of hydrogen-bond donors (Lipinski definition) is 1. The molecule has 0 spiro atoms. The number of nitrogens with zero attached hydrogens (tertiary/aromatic N) is 3. The van der Waals surface area contributed by atoms with E-state index in [-0.39, 0.29) is 23.4 Å². The third kappa shape index (κ3) is 4.63. The summed E-state index contributed by atoms with van der Waals surface area (Å²) >= 11 is 1.57. The lowest BCUT2D eigenvalue weighted by Crippen LogP contribution is -2.41. The van der Waals surface area contributed by atoms with Crippen molar-refractivity contribution in [1.82, 2.24) is 19.4 Å². The summed E-state index contributed by atoms with van der Waals surface area (Å²) in [5, 5.41) is 9.43. The summed E-state index contributed by atoms with van der Waals surface area (Å²) in [6.07, 6.45) is 0. The standard InChI is InChI=1S/C22H26N4O4S2/c1-16-22(32(28,29)25-10-12-30-13-11-25)17(2)26(24-16)15-20(27)23-21(19-9-6-14-31-19)18-7-4-3-5-8-18/h3-9,14,21H,10-13,15H2,1-2H3,(H,23,27)/t21-/m0/s1. The van der Waals surface area contributed by atoms with E-state index in [1.165, 1.54) is 8.99 Å². The molecule has 3 aromatic rings. The van der Waals surface area contributed by atoms with Crippen LogP contribution in [0.5, 0.6) is 0 Å². The predicted molar refractivity (Wildman–Crippen MR) is 122 cm³/mol. The van der Waals surface area contributed by atoms with Crippen molar-refractivity contribution in [2.24, 2.45) is 0 Å². The molecule has 1 aliphatic heterocycles. The number of aryl methyl sites for hydroxylation is 1. The van der Waals surface area contributed by atoms with Gasteiger partial charge in [-0.2, -0.15) is 9.40 Å². The Morgan fingerprint density at radius 2 is 1.88 bits per heavy atom. The van der Waals surface area contributed by atoms with E-state index in [1.807, 2.05) is 47.8 Å². The van der Waals surface area contributed by atoms with E-state index in [2.05, 4.69) is 10.4 Å². The van der Waals surface area contributed by atoms with Gasteiger partial charge in [0.25, 0.3) is 0 Å². The molecular formula is C22H26N4O4S2. The number of carbonyl (C=O) groups is 1. The molecule has 170 valence electrons. The number of benzene rings is 1. The Labute approximate surface area is 191 Å². The van der Waals surface area contributed by atoms with Gasteiger partial charge in [-0.05, 0) is 30.9 Å². The summed E-state index contributed by atoms with van der Waals surface area (Å²) in [6, 6.07) is 13.4. The fourth-order valence-electron chi connectivity index (χ4n) is 3.89. The van der Waals surface area contributed by atoms with Crippen LogP contribution in [0.15, 0.2) is 52.7 Å². The van der Waals surface area contributed by atoms with Crippen LogP contribution in [0.1, 0.15) is 27.9 Å². The Kier molecular flexibility index (Phi) is 6.75. The van der Waals surface area contributed by atoms with E-state index in [9.17, 15) is 13.2 Å². The molecule has 1 saturated heterocycles. The molecule has 2 aromatic heterocycles. The van der Waals surface area contributed by atoms with Crippen LogP contribution < -0.4 is 5.32 Å². The van der Waals surface area contributed by atoms with Crippen molar-refractivity contribution < 1.29 is 17.9 Å². The first-order chi connectivity index (χ1) is 15.4. The fourth-order valence-corrected chi connectivity index (χ4v) is 6.47. The van der Waals surface area contributed by atoms with Crippen molar-refractivity contribution in [1.29, 1.82) is 0 Å². The zero-order chi connectivity index (χ0) is 22.7. The highest BCUT2D eigenvalue weighted by Gasteiger charge is 2.32. The number of aromatic nitrogens is 2. The van der Waals surface area contributed by atoms with Gasteiger partial charge in [0, 0.05) is 18.0 Å². The molecule has 32 heavy (non-hydrogen) atoms. The fraction of sp³-hybridized carbons (Fsp3) is 0.364. The minimum absolute atomic E-state index is 0.0694. The molecule has 1 amide bonds. The molecular weight excluding hydrogens is 448 g/mol. The second kappa shape index (κ2) is 9.53. The lowest BCUT2D eigenvalue weighted by atomic mass is 10.1. The number of ether oxygens (including phenoxy) is 1. The van der Waals surface area contributed by atoms with Crippen molar-refractivity contribution in [3.05, 3.63) is 69.7 Å². The van der Waals surface area contributed by atoms with Crippen LogP contribution in [0.2, 0.25) is 0 Å². The molecule has 1 aliphatic rings. The third-order valence-electron chi connectivity index (χ3n) is 5.44. The van der Waals surface area contributed by atoms with Gasteiger partial charge in [-0.25, -0.2) is 8.42 Å². The van der Waals surface area contributed by atoms with Gasteiger partial charge >= 0.3 is 0 Å². The van der Waals surface area contributed by atoms with Gasteiger partial charge in [0.15, 0.2) is 0 Å². The van der Waals surface area contributed by atoms with Crippen LogP contribution in [0.3, 0.4) is 0 Å². The quantitative estimate of drug-likeness (QED) is 0.568. The number of sulfonamides is 1. The summed E-state index contributed by atoms with van der Waals surface area (Å²) in [6.45, 7) is 4.65. The average molecular weight is 475 g/mol. The van der Waals surface area contributed by atoms with Crippen molar-refractivity contribution in [2.75, 3.05) is 26.3 Å². The first-order valence-electron chi connectivity index (χ1n) is 10.4. The minimum Gasteiger partial charge on any atom is -0.379 e. The first-order valence-corrected chi connectivity index (χ1v) is 12.7. The lowest BCUT2D eigenvalue weighted by molar-refractivity contribution is -0.122. The van der Waals surface area contributed by atoms with E-state index >= 15 is 0 Å². The van der Waals surface area contributed by atoms with Crippen LogP contribution in [0, 0.1) is 13.8 Å². The van der Waals surface area contributed by atoms with Crippen LogP contribution >= 0.6 is 11.3 Å². The van der Waals surface area contributed by atoms with Crippen molar-refractivity contribution in [3.63, 3.8) is 0 Å². The Morgan fingerprint density at radius 1 is 1.16 bits per heavy atom. The smallest absolute Gasteiger partial charge is 0.246 e. The van der Waals surface area contributed by atoms with Crippen LogP contribution in [-0.4, -0.2) is 54.7 Å². The number of hydrogen-bond acceptors (Lipinski definition) is 6. The molecule has 0 radical (unpaired) electrons. The predicted octanol–water partition coefficient (Wildman–Crippen LogP) is 2.49. The van der Waals surface area contributed by atoms with Gasteiger partial charge in [-0.1, -0.05) is 36.4 Å². The van der Waals surface area contributed by atoms with E-state index in [0.717, 1.165) is 10.4 Å². The van der Waals surface area contributed by atoms with E-state index in [1.54, 1.807) is 25.2 Å². The Morgan fingerprint density at radius 3 is 2.53 bits per heavy atom. The summed E-state index contributed by atoms with van der Waals surface area (Å²) in [5.74, 6) is -0.242. The largest absolute Gasteiger partial charge is 0.379 e. The van der Waals surface area contributed by atoms with Gasteiger partial charge in [-0.15, -0.1) is 11.3 Å². The average Bonchev–Trinajstić information content (AvgIpc) is 3.41. The number of thiophene rings is 1. The highest BCUT2D eigenvalue weighted by molar-refractivity contribution is 7.89. The highest BCUT2D eigenvalue weighted by atomic mass is 32.2. The Hall–Kier alpha value is -2.53. The maximum Gasteiger partial charge on any atom is 0.246 e. The molecule has 1 fully saturated rings. The highest BCUT2D eigenvalue weighted by Crippen LogP contribution is 2.27. The van der Waals surface area contributed by atoms with Gasteiger partial charge in [0.1, 0.15) is 11.4 Å². The van der Waals surface area contributed by atoms with Gasteiger partial charge in [0.2, 0.25) is 15.9 Å². The molecule has 8 nitrogen and oxygen atoms in total. The second-order valence-electron chi connectivity index (χ2n) is 7.60. The van der Waals surface area contributed by atoms with Gasteiger partial charge < -0.3 is 10.1 Å². The minimum atomic E-state index is -3.70. The summed E-state index contributed by atoms with van der Waals surface area (Å²) in [4.78, 5) is 14.2. The Bertz CT molecular complexity index is 1170. The number of morpholine rings is 1. The van der Waals surface area contributed by atoms with Crippen molar-refractivity contribution in [3.8, 4) is 0 Å². The van der Waals surface area contributed by atoms with Gasteiger partial charge in [0.05, 0.1) is 30.6 Å². The SMILES string of the molecule is Cc1nn(CC(=O)N[C@@H](c2ccccc2)c2cccs2)c(C)c1S(=O)(=O)N1CCOCC1. The van der Waals surface area contributed by atoms with E-state index in [4.69, 9.17) is 4.74 Å². The molecule has 0 saturated carbocycles. The monoisotopic (exact) mass is 474 g/mol. The normalized spacial score (nSPS) is 16.1. The van der Waals surface area contributed by atoms with Gasteiger partial charge in [-0.3, -0.25) is 9.48 Å². The summed E-state index contributed by atoms with van der Waals surface area (Å²) in [5.41, 5.74) is 1.82. The van der Waals surface area contributed by atoms with Crippen molar-refractivity contribution in [2.45, 2.75) is 31.3 Å². The van der Waals surface area contributed by atoms with E-state index in [0.29, 0.717) is 37.7 Å². The molecule has 1 atom stereocenters.